The number of amides is 2. The number of carbonyl (C=O) groups excluding carboxylic acids is 2. The van der Waals surface area contributed by atoms with Gasteiger partial charge in [0.1, 0.15) is 11.9 Å². The topological polar surface area (TPSA) is 49.4 Å². The Morgan fingerprint density at radius 2 is 1.71 bits per heavy atom. The maximum absolute atomic E-state index is 14.0. The molecule has 4 nitrogen and oxygen atoms in total. The molecule has 2 rings (SSSR count). The summed E-state index contributed by atoms with van der Waals surface area (Å²) in [5, 5.41) is 3.56. The molecule has 150 valence electrons. The second-order valence-corrected chi connectivity index (χ2v) is 7.12. The summed E-state index contributed by atoms with van der Waals surface area (Å²) < 4.78 is 14.0. The van der Waals surface area contributed by atoms with Crippen LogP contribution < -0.4 is 5.32 Å². The molecule has 2 amide bonds. The summed E-state index contributed by atoms with van der Waals surface area (Å²) in [7, 11) is 0. The van der Waals surface area contributed by atoms with E-state index >= 15 is 0 Å². The number of rotatable bonds is 8. The minimum absolute atomic E-state index is 0.0570. The van der Waals surface area contributed by atoms with Gasteiger partial charge in [0.15, 0.2) is 0 Å². The molecule has 0 aliphatic rings. The Kier molecular flexibility index (Phi) is 8.27. The third-order valence-corrected chi connectivity index (χ3v) is 5.13. The van der Waals surface area contributed by atoms with Gasteiger partial charge in [0, 0.05) is 28.7 Å². The Labute approximate surface area is 174 Å². The SMILES string of the molecule is CCNC(=O)[C@@H](CC)N(Cc1c(Cl)cccc1Cl)C(=O)Cc1ccccc1F. The van der Waals surface area contributed by atoms with Crippen molar-refractivity contribution in [2.75, 3.05) is 6.54 Å². The van der Waals surface area contributed by atoms with E-state index in [0.29, 0.717) is 28.6 Å². The summed E-state index contributed by atoms with van der Waals surface area (Å²) >= 11 is 12.5. The van der Waals surface area contributed by atoms with Gasteiger partial charge in [0.25, 0.3) is 0 Å². The van der Waals surface area contributed by atoms with Gasteiger partial charge in [-0.3, -0.25) is 9.59 Å². The molecule has 0 saturated heterocycles. The number of halogens is 3. The van der Waals surface area contributed by atoms with Crippen molar-refractivity contribution in [2.45, 2.75) is 39.3 Å². The second-order valence-electron chi connectivity index (χ2n) is 6.31. The van der Waals surface area contributed by atoms with Crippen LogP contribution in [0.5, 0.6) is 0 Å². The van der Waals surface area contributed by atoms with Crippen LogP contribution in [0.1, 0.15) is 31.4 Å². The van der Waals surface area contributed by atoms with E-state index in [1.165, 1.54) is 11.0 Å². The summed E-state index contributed by atoms with van der Waals surface area (Å²) in [4.78, 5) is 27.1. The Morgan fingerprint density at radius 1 is 1.07 bits per heavy atom. The zero-order valence-corrected chi connectivity index (χ0v) is 17.4. The summed E-state index contributed by atoms with van der Waals surface area (Å²) in [5.74, 6) is -1.10. The van der Waals surface area contributed by atoms with Gasteiger partial charge in [-0.05, 0) is 37.1 Å². The first-order valence-electron chi connectivity index (χ1n) is 9.12. The van der Waals surface area contributed by atoms with Crippen molar-refractivity contribution in [3.63, 3.8) is 0 Å². The Bertz CT molecular complexity index is 825. The van der Waals surface area contributed by atoms with E-state index in [-0.39, 0.29) is 30.3 Å². The molecule has 0 radical (unpaired) electrons. The molecule has 7 heteroatoms. The highest BCUT2D eigenvalue weighted by Gasteiger charge is 2.29. The minimum atomic E-state index is -0.716. The largest absolute Gasteiger partial charge is 0.355 e. The van der Waals surface area contributed by atoms with Gasteiger partial charge >= 0.3 is 0 Å². The zero-order valence-electron chi connectivity index (χ0n) is 15.8. The molecule has 0 aliphatic heterocycles. The molecule has 1 N–H and O–H groups in total. The monoisotopic (exact) mass is 424 g/mol. The number of carbonyl (C=O) groups is 2. The van der Waals surface area contributed by atoms with Crippen LogP contribution in [-0.4, -0.2) is 29.3 Å². The molecule has 0 aromatic heterocycles. The lowest BCUT2D eigenvalue weighted by molar-refractivity contribution is -0.140. The number of nitrogens with zero attached hydrogens (tertiary/aromatic N) is 1. The third-order valence-electron chi connectivity index (χ3n) is 4.43. The summed E-state index contributed by atoms with van der Waals surface area (Å²) in [6.07, 6.45) is 0.238. The molecule has 0 unspecified atom stereocenters. The van der Waals surface area contributed by atoms with Gasteiger partial charge in [-0.25, -0.2) is 4.39 Å². The first-order valence-corrected chi connectivity index (χ1v) is 9.88. The first-order chi connectivity index (χ1) is 13.4. The van der Waals surface area contributed by atoms with Crippen molar-refractivity contribution < 1.29 is 14.0 Å². The van der Waals surface area contributed by atoms with Crippen molar-refractivity contribution in [3.05, 3.63) is 69.5 Å². The minimum Gasteiger partial charge on any atom is -0.355 e. The smallest absolute Gasteiger partial charge is 0.242 e. The Hall–Kier alpha value is -2.11. The number of nitrogens with one attached hydrogen (secondary N) is 1. The van der Waals surface area contributed by atoms with E-state index in [2.05, 4.69) is 5.32 Å². The lowest BCUT2D eigenvalue weighted by Crippen LogP contribution is -2.49. The highest BCUT2D eigenvalue weighted by atomic mass is 35.5. The molecular weight excluding hydrogens is 402 g/mol. The number of hydrogen-bond donors (Lipinski definition) is 1. The van der Waals surface area contributed by atoms with Gasteiger partial charge in [0.05, 0.1) is 6.42 Å². The quantitative estimate of drug-likeness (QED) is 0.671. The van der Waals surface area contributed by atoms with Crippen molar-refractivity contribution in [1.29, 1.82) is 0 Å². The van der Waals surface area contributed by atoms with Gasteiger partial charge in [-0.2, -0.15) is 0 Å². The Balaban J connectivity index is 2.38. The third kappa shape index (κ3) is 5.46. The van der Waals surface area contributed by atoms with Crippen LogP contribution in [0.4, 0.5) is 4.39 Å². The van der Waals surface area contributed by atoms with E-state index in [1.54, 1.807) is 43.3 Å². The second kappa shape index (κ2) is 10.4. The van der Waals surface area contributed by atoms with Crippen molar-refractivity contribution in [2.24, 2.45) is 0 Å². The first kappa shape index (κ1) is 22.2. The Morgan fingerprint density at radius 3 is 2.29 bits per heavy atom. The summed E-state index contributed by atoms with van der Waals surface area (Å²) in [6.45, 7) is 4.12. The fraction of sp³-hybridized carbons (Fsp3) is 0.333. The van der Waals surface area contributed by atoms with Crippen LogP contribution in [0, 0.1) is 5.82 Å². The molecule has 0 fully saturated rings. The molecule has 0 heterocycles. The molecule has 1 atom stereocenters. The normalized spacial score (nSPS) is 11.8. The average Bonchev–Trinajstić information content (AvgIpc) is 2.66. The molecule has 0 saturated carbocycles. The highest BCUT2D eigenvalue weighted by molar-refractivity contribution is 6.36. The van der Waals surface area contributed by atoms with Crippen LogP contribution in [0.3, 0.4) is 0 Å². The number of likely N-dealkylation sites (N-methyl/N-ethyl adjacent to an activating group) is 1. The van der Waals surface area contributed by atoms with Crippen molar-refractivity contribution in [1.82, 2.24) is 10.2 Å². The molecule has 0 bridgehead atoms. The van der Waals surface area contributed by atoms with Crippen LogP contribution >= 0.6 is 23.2 Å². The van der Waals surface area contributed by atoms with E-state index in [4.69, 9.17) is 23.2 Å². The molecule has 0 spiro atoms. The summed E-state index contributed by atoms with van der Waals surface area (Å²) in [5.41, 5.74) is 0.823. The molecule has 0 aliphatic carbocycles. The average molecular weight is 425 g/mol. The maximum Gasteiger partial charge on any atom is 0.242 e. The van der Waals surface area contributed by atoms with Crippen LogP contribution in [-0.2, 0) is 22.6 Å². The van der Waals surface area contributed by atoms with Gasteiger partial charge in [0.2, 0.25) is 11.8 Å². The lowest BCUT2D eigenvalue weighted by Gasteiger charge is -2.31. The maximum atomic E-state index is 14.0. The molecule has 2 aromatic rings. The number of benzene rings is 2. The van der Waals surface area contributed by atoms with E-state index in [1.807, 2.05) is 6.92 Å². The zero-order chi connectivity index (χ0) is 20.7. The molecule has 28 heavy (non-hydrogen) atoms. The number of hydrogen-bond acceptors (Lipinski definition) is 2. The van der Waals surface area contributed by atoms with Crippen molar-refractivity contribution >= 4 is 35.0 Å². The van der Waals surface area contributed by atoms with Gasteiger partial charge < -0.3 is 10.2 Å². The van der Waals surface area contributed by atoms with Gasteiger partial charge in [-0.1, -0.05) is 54.4 Å². The highest BCUT2D eigenvalue weighted by Crippen LogP contribution is 2.27. The van der Waals surface area contributed by atoms with Gasteiger partial charge in [-0.15, -0.1) is 0 Å². The lowest BCUT2D eigenvalue weighted by atomic mass is 10.1. The van der Waals surface area contributed by atoms with E-state index in [9.17, 15) is 14.0 Å². The van der Waals surface area contributed by atoms with E-state index in [0.717, 1.165) is 0 Å². The molecular formula is C21H23Cl2FN2O2. The predicted molar refractivity (Wildman–Crippen MR) is 110 cm³/mol. The standard InChI is InChI=1S/C21H23Cl2FN2O2/c1-3-19(21(28)25-4-2)26(13-15-16(22)9-7-10-17(15)23)20(27)12-14-8-5-6-11-18(14)24/h5-11,19H,3-4,12-13H2,1-2H3,(H,25,28)/t19-/m1/s1. The predicted octanol–water partition coefficient (Wildman–Crippen LogP) is 4.62. The fourth-order valence-corrected chi connectivity index (χ4v) is 3.49. The molecule has 2 aromatic carbocycles. The van der Waals surface area contributed by atoms with Crippen LogP contribution in [0.15, 0.2) is 42.5 Å². The van der Waals surface area contributed by atoms with Crippen LogP contribution in [0.2, 0.25) is 10.0 Å². The summed E-state index contributed by atoms with van der Waals surface area (Å²) in [6, 6.07) is 10.4. The fourth-order valence-electron chi connectivity index (χ4n) is 2.97. The van der Waals surface area contributed by atoms with Crippen LogP contribution in [0.25, 0.3) is 0 Å². The van der Waals surface area contributed by atoms with E-state index < -0.39 is 11.9 Å². The van der Waals surface area contributed by atoms with Crippen molar-refractivity contribution in [3.8, 4) is 0 Å².